The number of halogens is 2. The van der Waals surface area contributed by atoms with Gasteiger partial charge in [-0.25, -0.2) is 9.37 Å². The first-order valence-electron chi connectivity index (χ1n) is 5.68. The van der Waals surface area contributed by atoms with E-state index in [1.807, 2.05) is 22.2 Å². The molecule has 3 nitrogen and oxygen atoms in total. The van der Waals surface area contributed by atoms with Gasteiger partial charge in [-0.3, -0.25) is 4.40 Å². The van der Waals surface area contributed by atoms with Gasteiger partial charge in [-0.15, -0.1) is 11.3 Å². The van der Waals surface area contributed by atoms with E-state index in [1.54, 1.807) is 12.1 Å². The van der Waals surface area contributed by atoms with Crippen molar-refractivity contribution >= 4 is 32.2 Å². The number of thiazole rings is 1. The molecular formula is C13H10BrFN2OS. The molecule has 0 saturated heterocycles. The molecule has 2 aromatic heterocycles. The number of nitrogens with zero attached hydrogens (tertiary/aromatic N) is 2. The fraction of sp³-hybridized carbons (Fsp3) is 0.154. The maximum absolute atomic E-state index is 13.4. The molecule has 6 heteroatoms. The summed E-state index contributed by atoms with van der Waals surface area (Å²) in [5.74, 6) is -0.373. The maximum Gasteiger partial charge on any atom is 0.193 e. The molecule has 0 aliphatic rings. The Labute approximate surface area is 121 Å². The summed E-state index contributed by atoms with van der Waals surface area (Å²) in [4.78, 5) is 5.29. The first kappa shape index (κ1) is 12.8. The minimum Gasteiger partial charge on any atom is -0.388 e. The van der Waals surface area contributed by atoms with E-state index in [4.69, 9.17) is 0 Å². The van der Waals surface area contributed by atoms with Crippen molar-refractivity contribution in [3.63, 3.8) is 0 Å². The summed E-state index contributed by atoms with van der Waals surface area (Å²) in [7, 11) is 0. The lowest BCUT2D eigenvalue weighted by Gasteiger charge is -2.11. The average Bonchev–Trinajstić information content (AvgIpc) is 2.93. The topological polar surface area (TPSA) is 37.5 Å². The highest BCUT2D eigenvalue weighted by molar-refractivity contribution is 9.10. The van der Waals surface area contributed by atoms with Gasteiger partial charge in [-0.1, -0.05) is 12.1 Å². The summed E-state index contributed by atoms with van der Waals surface area (Å²) >= 11 is 4.70. The number of aliphatic hydroxyl groups is 1. The lowest BCUT2D eigenvalue weighted by Crippen LogP contribution is -2.04. The number of hydrogen-bond donors (Lipinski definition) is 1. The van der Waals surface area contributed by atoms with Crippen LogP contribution in [-0.2, 0) is 6.42 Å². The Balaban J connectivity index is 1.86. The van der Waals surface area contributed by atoms with Crippen LogP contribution in [-0.4, -0.2) is 14.5 Å². The number of benzene rings is 1. The first-order valence-corrected chi connectivity index (χ1v) is 7.35. The summed E-state index contributed by atoms with van der Waals surface area (Å²) in [5, 5.41) is 12.1. The van der Waals surface area contributed by atoms with E-state index in [2.05, 4.69) is 20.9 Å². The molecule has 98 valence electrons. The zero-order valence-corrected chi connectivity index (χ0v) is 12.2. The molecule has 1 atom stereocenters. The fourth-order valence-corrected chi connectivity index (χ4v) is 3.21. The smallest absolute Gasteiger partial charge is 0.193 e. The van der Waals surface area contributed by atoms with E-state index in [9.17, 15) is 9.50 Å². The molecule has 0 aliphatic carbocycles. The van der Waals surface area contributed by atoms with E-state index < -0.39 is 6.10 Å². The second kappa shape index (κ2) is 5.03. The maximum atomic E-state index is 13.4. The fourth-order valence-electron chi connectivity index (χ4n) is 1.96. The van der Waals surface area contributed by atoms with Gasteiger partial charge < -0.3 is 5.11 Å². The molecule has 0 bridgehead atoms. The number of rotatable bonds is 3. The van der Waals surface area contributed by atoms with Gasteiger partial charge >= 0.3 is 0 Å². The van der Waals surface area contributed by atoms with Gasteiger partial charge in [-0.05, 0) is 27.6 Å². The van der Waals surface area contributed by atoms with Gasteiger partial charge in [0.05, 0.1) is 16.3 Å². The molecule has 19 heavy (non-hydrogen) atoms. The second-order valence-corrected chi connectivity index (χ2v) is 5.85. The van der Waals surface area contributed by atoms with Gasteiger partial charge in [-0.2, -0.15) is 0 Å². The number of aromatic nitrogens is 2. The van der Waals surface area contributed by atoms with Crippen molar-refractivity contribution in [2.45, 2.75) is 12.5 Å². The average molecular weight is 341 g/mol. The van der Waals surface area contributed by atoms with E-state index in [-0.39, 0.29) is 5.82 Å². The van der Waals surface area contributed by atoms with Crippen LogP contribution in [0.1, 0.15) is 17.4 Å². The summed E-state index contributed by atoms with van der Waals surface area (Å²) in [6.07, 6.45) is 3.37. The van der Waals surface area contributed by atoms with E-state index in [0.29, 0.717) is 16.5 Å². The summed E-state index contributed by atoms with van der Waals surface area (Å²) in [5.41, 5.74) is 1.33. The van der Waals surface area contributed by atoms with Gasteiger partial charge in [0.2, 0.25) is 0 Å². The van der Waals surface area contributed by atoms with Crippen LogP contribution in [0.15, 0.2) is 40.4 Å². The normalized spacial score (nSPS) is 13.0. The minimum absolute atomic E-state index is 0.309. The Morgan fingerprint density at radius 1 is 1.47 bits per heavy atom. The van der Waals surface area contributed by atoms with Crippen LogP contribution < -0.4 is 0 Å². The Morgan fingerprint density at radius 3 is 3.11 bits per heavy atom. The Bertz CT molecular complexity index is 696. The molecule has 1 aromatic carbocycles. The van der Waals surface area contributed by atoms with Gasteiger partial charge in [0.1, 0.15) is 5.82 Å². The van der Waals surface area contributed by atoms with Crippen molar-refractivity contribution < 1.29 is 9.50 Å². The van der Waals surface area contributed by atoms with E-state index in [1.165, 1.54) is 17.4 Å². The quantitative estimate of drug-likeness (QED) is 0.791. The molecule has 2 heterocycles. The SMILES string of the molecule is OC(Cc1cn2ccsc2n1)c1cccc(F)c1Br. The predicted molar refractivity (Wildman–Crippen MR) is 75.8 cm³/mol. The predicted octanol–water partition coefficient (Wildman–Crippen LogP) is 3.57. The highest BCUT2D eigenvalue weighted by Crippen LogP contribution is 2.28. The summed E-state index contributed by atoms with van der Waals surface area (Å²) < 4.78 is 15.6. The molecule has 0 aliphatic heterocycles. The largest absolute Gasteiger partial charge is 0.388 e. The third kappa shape index (κ3) is 2.43. The number of fused-ring (bicyclic) bond motifs is 1. The molecule has 0 spiro atoms. The number of aliphatic hydroxyl groups excluding tert-OH is 1. The van der Waals surface area contributed by atoms with Crippen molar-refractivity contribution in [3.8, 4) is 0 Å². The highest BCUT2D eigenvalue weighted by atomic mass is 79.9. The molecular weight excluding hydrogens is 331 g/mol. The zero-order valence-electron chi connectivity index (χ0n) is 9.75. The first-order chi connectivity index (χ1) is 9.15. The Morgan fingerprint density at radius 2 is 2.32 bits per heavy atom. The zero-order chi connectivity index (χ0) is 13.4. The lowest BCUT2D eigenvalue weighted by molar-refractivity contribution is 0.176. The molecule has 0 amide bonds. The number of hydrogen-bond acceptors (Lipinski definition) is 3. The standard InChI is InChI=1S/C13H10BrFN2OS/c14-12-9(2-1-3-10(12)15)11(18)6-8-7-17-4-5-19-13(17)16-8/h1-5,7,11,18H,6H2. The molecule has 1 N–H and O–H groups in total. The molecule has 0 saturated carbocycles. The van der Waals surface area contributed by atoms with Crippen LogP contribution in [0.4, 0.5) is 4.39 Å². The highest BCUT2D eigenvalue weighted by Gasteiger charge is 2.16. The van der Waals surface area contributed by atoms with Crippen LogP contribution in [0.25, 0.3) is 4.96 Å². The van der Waals surface area contributed by atoms with Crippen LogP contribution in [0, 0.1) is 5.82 Å². The summed E-state index contributed by atoms with van der Waals surface area (Å²) in [6, 6.07) is 4.65. The number of imidazole rings is 1. The summed E-state index contributed by atoms with van der Waals surface area (Å²) in [6.45, 7) is 0. The third-order valence-corrected chi connectivity index (χ3v) is 4.49. The minimum atomic E-state index is -0.783. The van der Waals surface area contributed by atoms with Gasteiger partial charge in [0, 0.05) is 24.2 Å². The van der Waals surface area contributed by atoms with Crippen molar-refractivity contribution in [2.75, 3.05) is 0 Å². The van der Waals surface area contributed by atoms with Gasteiger partial charge in [0.15, 0.2) is 4.96 Å². The van der Waals surface area contributed by atoms with Crippen molar-refractivity contribution in [3.05, 3.63) is 57.5 Å². The monoisotopic (exact) mass is 340 g/mol. The molecule has 3 rings (SSSR count). The molecule has 3 aromatic rings. The lowest BCUT2D eigenvalue weighted by atomic mass is 10.1. The molecule has 0 radical (unpaired) electrons. The van der Waals surface area contributed by atoms with Crippen LogP contribution in [0.2, 0.25) is 0 Å². The molecule has 0 fully saturated rings. The van der Waals surface area contributed by atoms with Crippen LogP contribution in [0.5, 0.6) is 0 Å². The molecule has 1 unspecified atom stereocenters. The van der Waals surface area contributed by atoms with Crippen molar-refractivity contribution in [2.24, 2.45) is 0 Å². The second-order valence-electron chi connectivity index (χ2n) is 4.19. The Kier molecular flexibility index (Phi) is 3.38. The van der Waals surface area contributed by atoms with E-state index >= 15 is 0 Å². The Hall–Kier alpha value is -1.24. The van der Waals surface area contributed by atoms with Crippen LogP contribution >= 0.6 is 27.3 Å². The van der Waals surface area contributed by atoms with Crippen molar-refractivity contribution in [1.82, 2.24) is 9.38 Å². The van der Waals surface area contributed by atoms with Crippen LogP contribution in [0.3, 0.4) is 0 Å². The van der Waals surface area contributed by atoms with E-state index in [0.717, 1.165) is 10.7 Å². The van der Waals surface area contributed by atoms with Crippen molar-refractivity contribution in [1.29, 1.82) is 0 Å². The third-order valence-electron chi connectivity index (χ3n) is 2.89. The van der Waals surface area contributed by atoms with Gasteiger partial charge in [0.25, 0.3) is 0 Å².